The number of amides is 4. The fourth-order valence-electron chi connectivity index (χ4n) is 7.95. The summed E-state index contributed by atoms with van der Waals surface area (Å²) in [4.78, 5) is 63.5. The lowest BCUT2D eigenvalue weighted by Gasteiger charge is -2.30. The Balaban J connectivity index is 1.23. The van der Waals surface area contributed by atoms with Crippen LogP contribution in [-0.2, 0) is 31.0 Å². The Bertz CT molecular complexity index is 2340. The number of halogens is 2. The van der Waals surface area contributed by atoms with Crippen LogP contribution in [0.15, 0.2) is 36.5 Å². The number of fused-ring (bicyclic) bond motifs is 3. The van der Waals surface area contributed by atoms with E-state index in [1.165, 1.54) is 4.90 Å². The molecule has 61 heavy (non-hydrogen) atoms. The van der Waals surface area contributed by atoms with Crippen LogP contribution in [0.25, 0.3) is 10.9 Å². The minimum absolute atomic E-state index is 0.0475. The molecule has 3 N–H and O–H groups in total. The number of sulfonamides is 1. The van der Waals surface area contributed by atoms with E-state index in [4.69, 9.17) is 19.2 Å². The second kappa shape index (κ2) is 17.2. The van der Waals surface area contributed by atoms with Crippen molar-refractivity contribution in [2.24, 2.45) is 5.92 Å². The highest BCUT2D eigenvalue weighted by Gasteiger charge is 2.63. The predicted octanol–water partition coefficient (Wildman–Crippen LogP) is 3.74. The van der Waals surface area contributed by atoms with Crippen LogP contribution in [0, 0.1) is 12.8 Å². The van der Waals surface area contributed by atoms with Crippen LogP contribution in [0.1, 0.15) is 94.6 Å². The molecule has 4 aliphatic rings. The van der Waals surface area contributed by atoms with Crippen LogP contribution >= 0.6 is 0 Å². The van der Waals surface area contributed by atoms with Gasteiger partial charge in [0.2, 0.25) is 27.7 Å². The number of hydrogen-bond donors (Lipinski definition) is 3. The van der Waals surface area contributed by atoms with Gasteiger partial charge in [-0.2, -0.15) is 9.90 Å². The summed E-state index contributed by atoms with van der Waals surface area (Å²) in [5.41, 5.74) is -0.587. The Hall–Kier alpha value is -5.40. The van der Waals surface area contributed by atoms with Crippen LogP contribution < -0.4 is 29.6 Å². The average Bonchev–Trinajstić information content (AvgIpc) is 3.99. The summed E-state index contributed by atoms with van der Waals surface area (Å²) in [6.07, 6.45) is 4.50. The number of nitrogens with zero attached hydrogens (tertiary/aromatic N) is 5. The monoisotopic (exact) mass is 870 g/mol. The van der Waals surface area contributed by atoms with Gasteiger partial charge in [-0.25, -0.2) is 22.2 Å². The summed E-state index contributed by atoms with van der Waals surface area (Å²) in [5, 5.41) is 13.8. The van der Waals surface area contributed by atoms with E-state index in [1.54, 1.807) is 32.2 Å². The molecule has 17 nitrogen and oxygen atoms in total. The smallest absolute Gasteiger partial charge is 0.274 e. The van der Waals surface area contributed by atoms with Gasteiger partial charge in [0.1, 0.15) is 41.8 Å². The molecule has 330 valence electrons. The molecule has 3 fully saturated rings. The fraction of sp³-hybridized carbons (Fsp3) is 0.585. The maximum Gasteiger partial charge on any atom is 0.274 e. The molecule has 2 aliphatic heterocycles. The van der Waals surface area contributed by atoms with E-state index < -0.39 is 81.0 Å². The summed E-state index contributed by atoms with van der Waals surface area (Å²) in [6.45, 7) is 6.17. The Kier molecular flexibility index (Phi) is 12.3. The average molecular weight is 871 g/mol. The molecule has 7 rings (SSSR count). The normalized spacial score (nSPS) is 25.8. The molecule has 3 aromatic rings. The molecule has 0 radical (unpaired) electrons. The van der Waals surface area contributed by atoms with Crippen molar-refractivity contribution >= 4 is 44.6 Å². The highest BCUT2D eigenvalue weighted by atomic mass is 32.2. The third-order valence-electron chi connectivity index (χ3n) is 11.8. The predicted molar refractivity (Wildman–Crippen MR) is 217 cm³/mol. The van der Waals surface area contributed by atoms with E-state index in [-0.39, 0.29) is 43.5 Å². The number of aromatic nitrogens is 4. The molecule has 5 atom stereocenters. The first kappa shape index (κ1) is 43.7. The molecule has 2 aliphatic carbocycles. The summed E-state index contributed by atoms with van der Waals surface area (Å²) in [7, 11) is -2.50. The molecule has 2 aromatic heterocycles. The number of methoxy groups -OCH3 is 1. The number of ether oxygens (including phenoxy) is 3. The molecule has 4 heterocycles. The molecule has 4 amide bonds. The van der Waals surface area contributed by atoms with E-state index in [1.807, 2.05) is 32.9 Å². The van der Waals surface area contributed by atoms with Gasteiger partial charge in [-0.1, -0.05) is 25.0 Å². The van der Waals surface area contributed by atoms with Crippen molar-refractivity contribution in [2.45, 2.75) is 133 Å². The van der Waals surface area contributed by atoms with E-state index >= 15 is 0 Å². The number of rotatable bonds is 12. The number of allylic oxidation sites excluding steroid dienone is 1. The Morgan fingerprint density at radius 3 is 2.59 bits per heavy atom. The van der Waals surface area contributed by atoms with Crippen LogP contribution in [0.5, 0.6) is 17.4 Å². The van der Waals surface area contributed by atoms with Crippen molar-refractivity contribution in [3.63, 3.8) is 0 Å². The highest BCUT2D eigenvalue weighted by Crippen LogP contribution is 2.47. The molecule has 20 heteroatoms. The van der Waals surface area contributed by atoms with E-state index in [0.717, 1.165) is 11.8 Å². The Labute approximate surface area is 352 Å². The molecule has 0 bridgehead atoms. The summed E-state index contributed by atoms with van der Waals surface area (Å²) < 4.78 is 71.8. The number of carbonyl (C=O) groups is 4. The second-order valence-electron chi connectivity index (χ2n) is 16.8. The summed E-state index contributed by atoms with van der Waals surface area (Å²) in [5.74, 6) is -2.27. The van der Waals surface area contributed by atoms with Gasteiger partial charge in [-0.3, -0.25) is 23.9 Å². The Morgan fingerprint density at radius 1 is 1.11 bits per heavy atom. The van der Waals surface area contributed by atoms with Crippen molar-refractivity contribution in [1.29, 1.82) is 0 Å². The summed E-state index contributed by atoms with van der Waals surface area (Å²) >= 11 is 0. The lowest BCUT2D eigenvalue weighted by molar-refractivity contribution is -0.141. The number of pyridine rings is 1. The maximum atomic E-state index is 14.8. The van der Waals surface area contributed by atoms with Crippen molar-refractivity contribution in [2.75, 3.05) is 13.7 Å². The lowest BCUT2D eigenvalue weighted by Crippen LogP contribution is -2.58. The third-order valence-corrected chi connectivity index (χ3v) is 14.0. The fourth-order valence-corrected chi connectivity index (χ4v) is 9.26. The van der Waals surface area contributed by atoms with Gasteiger partial charge in [0, 0.05) is 29.4 Å². The quantitative estimate of drug-likeness (QED) is 0.222. The van der Waals surface area contributed by atoms with Crippen molar-refractivity contribution in [3.8, 4) is 17.4 Å². The van der Waals surface area contributed by atoms with Gasteiger partial charge in [-0.15, -0.1) is 5.10 Å². The summed E-state index contributed by atoms with van der Waals surface area (Å²) in [6, 6.07) is 2.79. The van der Waals surface area contributed by atoms with Gasteiger partial charge in [0.15, 0.2) is 5.69 Å². The zero-order valence-electron chi connectivity index (χ0n) is 34.8. The molecule has 0 unspecified atom stereocenters. The van der Waals surface area contributed by atoms with Gasteiger partial charge >= 0.3 is 0 Å². The highest BCUT2D eigenvalue weighted by molar-refractivity contribution is 7.91. The standard InChI is InChI=1S/C41H52F2N8O9S/c1-23(2)59-34-18-32(27-13-14-31(58-5)24(3)35(27)46-34)60-26-17-30-37(53)47-41(39(55)49-61(56,57)40(4)15-16-40)19-25(41)11-9-7-6-8-10-12-28(38(54)50(30)21-26)45-36(52)29-20-44-51(48-29)22-33(42)43/h9,11,13-14,18,20,23,25-26,28,30,33H,6-8,10,12,15-17,19,21-22H2,1-5H3,(H,45,52)(H,47,53)(H,49,55)/b11-9-/t25-,26-,28+,30+,41-/m1/s1. The van der Waals surface area contributed by atoms with Gasteiger partial charge in [0.05, 0.1) is 36.2 Å². The van der Waals surface area contributed by atoms with Crippen LogP contribution in [-0.4, -0.2) is 112 Å². The van der Waals surface area contributed by atoms with Gasteiger partial charge in [0.25, 0.3) is 18.2 Å². The third kappa shape index (κ3) is 9.28. The minimum atomic E-state index is -4.05. The number of aryl methyl sites for hydroxylation is 1. The van der Waals surface area contributed by atoms with Crippen LogP contribution in [0.2, 0.25) is 0 Å². The molecular weight excluding hydrogens is 819 g/mol. The first-order valence-corrected chi connectivity index (χ1v) is 22.1. The van der Waals surface area contributed by atoms with Gasteiger partial charge < -0.3 is 29.7 Å². The SMILES string of the molecule is COc1ccc2c(O[C@@H]3C[C@H]4C(=O)N[C@]5(C(=O)NS(=O)(=O)C6(C)CC6)C[C@H]5/C=C\CCCCC[C@H](NC(=O)c5cnn(CC(F)F)n5)C(=O)N4C3)cc(OC(C)C)nc2c1C. The minimum Gasteiger partial charge on any atom is -0.496 e. The molecular formula is C41H52F2N8O9S. The van der Waals surface area contributed by atoms with Crippen molar-refractivity contribution in [3.05, 3.63) is 47.8 Å². The van der Waals surface area contributed by atoms with Crippen molar-refractivity contribution in [1.82, 2.24) is 40.2 Å². The van der Waals surface area contributed by atoms with Crippen molar-refractivity contribution < 1.29 is 50.6 Å². The number of benzene rings is 1. The van der Waals surface area contributed by atoms with E-state index in [0.29, 0.717) is 65.7 Å². The van der Waals surface area contributed by atoms with E-state index in [9.17, 15) is 36.4 Å². The molecule has 2 saturated carbocycles. The second-order valence-corrected chi connectivity index (χ2v) is 19.0. The zero-order chi connectivity index (χ0) is 43.9. The maximum absolute atomic E-state index is 14.8. The zero-order valence-corrected chi connectivity index (χ0v) is 35.6. The lowest BCUT2D eigenvalue weighted by atomic mass is 10.0. The topological polar surface area (TPSA) is 213 Å². The first-order valence-electron chi connectivity index (χ1n) is 20.6. The van der Waals surface area contributed by atoms with Crippen LogP contribution in [0.4, 0.5) is 8.78 Å². The molecule has 1 aromatic carbocycles. The number of carbonyl (C=O) groups excluding carboxylic acids is 4. The number of alkyl halides is 2. The first-order chi connectivity index (χ1) is 28.9. The largest absolute Gasteiger partial charge is 0.496 e. The Morgan fingerprint density at radius 2 is 1.89 bits per heavy atom. The number of nitrogens with one attached hydrogen (secondary N) is 3. The molecule has 1 saturated heterocycles. The van der Waals surface area contributed by atoms with Crippen LogP contribution in [0.3, 0.4) is 0 Å². The number of hydrogen-bond acceptors (Lipinski definition) is 12. The van der Waals surface area contributed by atoms with E-state index in [2.05, 4.69) is 25.6 Å². The van der Waals surface area contributed by atoms with Gasteiger partial charge in [-0.05, 0) is 78.4 Å². The molecule has 0 spiro atoms.